The predicted octanol–water partition coefficient (Wildman–Crippen LogP) is 3.18. The number of amides is 1. The number of ether oxygens (including phenoxy) is 2. The maximum absolute atomic E-state index is 12.5. The summed E-state index contributed by atoms with van der Waals surface area (Å²) < 4.78 is 11.2. The van der Waals surface area contributed by atoms with E-state index in [2.05, 4.69) is 37.4 Å². The van der Waals surface area contributed by atoms with Crippen LogP contribution in [-0.2, 0) is 20.7 Å². The molecule has 138 valence electrons. The van der Waals surface area contributed by atoms with Crippen molar-refractivity contribution < 1.29 is 14.3 Å². The minimum Gasteiger partial charge on any atom is -0.381 e. The molecular formula is C21H31NO3. The standard InChI is InChI=1S/C21H31NO3/c1-15-3-4-17(13-16(15)2)5-6-21(23)22-20-9-12-25-14-19(20)18-7-10-24-11-8-18/h3-4,13,18-20H,5-12,14H2,1-2H3,(H,22,23)/t19-,20-/m0/s1. The van der Waals surface area contributed by atoms with Crippen LogP contribution in [0.3, 0.4) is 0 Å². The third-order valence-corrected chi connectivity index (χ3v) is 5.83. The van der Waals surface area contributed by atoms with Gasteiger partial charge >= 0.3 is 0 Å². The summed E-state index contributed by atoms with van der Waals surface area (Å²) in [7, 11) is 0. The van der Waals surface area contributed by atoms with Gasteiger partial charge in [0.05, 0.1) is 6.61 Å². The van der Waals surface area contributed by atoms with Gasteiger partial charge in [0.15, 0.2) is 0 Å². The number of aryl methyl sites for hydroxylation is 3. The summed E-state index contributed by atoms with van der Waals surface area (Å²) in [6.07, 6.45) is 4.46. The van der Waals surface area contributed by atoms with E-state index in [1.54, 1.807) is 0 Å². The van der Waals surface area contributed by atoms with E-state index < -0.39 is 0 Å². The van der Waals surface area contributed by atoms with E-state index in [-0.39, 0.29) is 11.9 Å². The van der Waals surface area contributed by atoms with Gasteiger partial charge in [-0.15, -0.1) is 0 Å². The number of rotatable bonds is 5. The lowest BCUT2D eigenvalue weighted by molar-refractivity contribution is -0.123. The zero-order valence-corrected chi connectivity index (χ0v) is 15.6. The molecule has 1 aromatic rings. The lowest BCUT2D eigenvalue weighted by Gasteiger charge is -2.39. The monoisotopic (exact) mass is 345 g/mol. The SMILES string of the molecule is Cc1ccc(CCC(=O)N[C@H]2CCOC[C@H]2C2CCOCC2)cc1C. The highest BCUT2D eigenvalue weighted by Gasteiger charge is 2.34. The highest BCUT2D eigenvalue weighted by atomic mass is 16.5. The van der Waals surface area contributed by atoms with Crippen molar-refractivity contribution in [1.82, 2.24) is 5.32 Å². The molecule has 0 bridgehead atoms. The lowest BCUT2D eigenvalue weighted by Crippen LogP contribution is -2.49. The van der Waals surface area contributed by atoms with Gasteiger partial charge in [0.2, 0.25) is 5.91 Å². The maximum Gasteiger partial charge on any atom is 0.220 e. The van der Waals surface area contributed by atoms with Crippen molar-refractivity contribution in [3.63, 3.8) is 0 Å². The van der Waals surface area contributed by atoms with Crippen LogP contribution in [0.4, 0.5) is 0 Å². The highest BCUT2D eigenvalue weighted by molar-refractivity contribution is 5.76. The molecule has 4 nitrogen and oxygen atoms in total. The summed E-state index contributed by atoms with van der Waals surface area (Å²) in [4.78, 5) is 12.5. The lowest BCUT2D eigenvalue weighted by atomic mass is 9.79. The number of carbonyl (C=O) groups excluding carboxylic acids is 1. The van der Waals surface area contributed by atoms with Gasteiger partial charge in [0.1, 0.15) is 0 Å². The molecule has 1 amide bonds. The second-order valence-corrected chi connectivity index (χ2v) is 7.57. The highest BCUT2D eigenvalue weighted by Crippen LogP contribution is 2.30. The molecule has 2 saturated heterocycles. The molecule has 1 N–H and O–H groups in total. The Morgan fingerprint density at radius 2 is 1.84 bits per heavy atom. The Kier molecular flexibility index (Phi) is 6.49. The Bertz CT molecular complexity index is 581. The molecule has 2 heterocycles. The van der Waals surface area contributed by atoms with Gasteiger partial charge in [-0.3, -0.25) is 4.79 Å². The van der Waals surface area contributed by atoms with Crippen LogP contribution < -0.4 is 5.32 Å². The number of hydrogen-bond donors (Lipinski definition) is 1. The smallest absolute Gasteiger partial charge is 0.220 e. The zero-order valence-electron chi connectivity index (χ0n) is 15.6. The normalized spacial score (nSPS) is 24.9. The molecule has 0 saturated carbocycles. The van der Waals surface area contributed by atoms with Crippen LogP contribution in [0.15, 0.2) is 18.2 Å². The summed E-state index contributed by atoms with van der Waals surface area (Å²) in [5.74, 6) is 1.21. The fourth-order valence-corrected chi connectivity index (χ4v) is 4.04. The van der Waals surface area contributed by atoms with Gasteiger partial charge in [-0.25, -0.2) is 0 Å². The number of benzene rings is 1. The van der Waals surface area contributed by atoms with E-state index in [1.165, 1.54) is 16.7 Å². The van der Waals surface area contributed by atoms with Gasteiger partial charge < -0.3 is 14.8 Å². The fourth-order valence-electron chi connectivity index (χ4n) is 4.04. The Hall–Kier alpha value is -1.39. The molecule has 3 rings (SSSR count). The fraction of sp³-hybridized carbons (Fsp3) is 0.667. The van der Waals surface area contributed by atoms with Crippen LogP contribution in [0, 0.1) is 25.7 Å². The summed E-state index contributed by atoms with van der Waals surface area (Å²) >= 11 is 0. The van der Waals surface area contributed by atoms with Crippen molar-refractivity contribution in [2.24, 2.45) is 11.8 Å². The van der Waals surface area contributed by atoms with Crippen LogP contribution >= 0.6 is 0 Å². The Morgan fingerprint density at radius 3 is 2.60 bits per heavy atom. The number of nitrogens with one attached hydrogen (secondary N) is 1. The maximum atomic E-state index is 12.5. The van der Waals surface area contributed by atoms with Crippen LogP contribution in [0.2, 0.25) is 0 Å². The molecule has 2 aliphatic heterocycles. The molecule has 2 fully saturated rings. The molecular weight excluding hydrogens is 314 g/mol. The first-order valence-electron chi connectivity index (χ1n) is 9.64. The van der Waals surface area contributed by atoms with E-state index in [1.807, 2.05) is 0 Å². The first-order valence-corrected chi connectivity index (χ1v) is 9.64. The molecule has 0 aliphatic carbocycles. The zero-order chi connectivity index (χ0) is 17.6. The Morgan fingerprint density at radius 1 is 1.08 bits per heavy atom. The minimum absolute atomic E-state index is 0.169. The van der Waals surface area contributed by atoms with E-state index >= 15 is 0 Å². The molecule has 4 heteroatoms. The summed E-state index contributed by atoms with van der Waals surface area (Å²) in [5.41, 5.74) is 3.84. The predicted molar refractivity (Wildman–Crippen MR) is 98.6 cm³/mol. The largest absolute Gasteiger partial charge is 0.381 e. The van der Waals surface area contributed by atoms with E-state index in [4.69, 9.17) is 9.47 Å². The quantitative estimate of drug-likeness (QED) is 0.891. The second-order valence-electron chi connectivity index (χ2n) is 7.57. The first-order chi connectivity index (χ1) is 12.1. The Labute approximate surface area is 151 Å². The molecule has 2 aliphatic rings. The van der Waals surface area contributed by atoms with E-state index in [0.717, 1.165) is 52.1 Å². The molecule has 0 aromatic heterocycles. The van der Waals surface area contributed by atoms with Crippen molar-refractivity contribution in [3.05, 3.63) is 34.9 Å². The molecule has 0 radical (unpaired) electrons. The van der Waals surface area contributed by atoms with Gasteiger partial charge in [-0.05, 0) is 62.1 Å². The van der Waals surface area contributed by atoms with Gasteiger partial charge in [0, 0.05) is 38.2 Å². The minimum atomic E-state index is 0.169. The van der Waals surface area contributed by atoms with Crippen LogP contribution in [-0.4, -0.2) is 38.4 Å². The number of carbonyl (C=O) groups is 1. The van der Waals surface area contributed by atoms with Gasteiger partial charge in [0.25, 0.3) is 0 Å². The average molecular weight is 345 g/mol. The van der Waals surface area contributed by atoms with Gasteiger partial charge in [-0.1, -0.05) is 18.2 Å². The second kappa shape index (κ2) is 8.81. The third kappa shape index (κ3) is 5.05. The molecule has 1 aromatic carbocycles. The van der Waals surface area contributed by atoms with E-state index in [0.29, 0.717) is 18.3 Å². The van der Waals surface area contributed by atoms with E-state index in [9.17, 15) is 4.79 Å². The number of hydrogen-bond acceptors (Lipinski definition) is 3. The molecule has 25 heavy (non-hydrogen) atoms. The van der Waals surface area contributed by atoms with Crippen molar-refractivity contribution in [2.45, 2.75) is 52.0 Å². The van der Waals surface area contributed by atoms with Crippen molar-refractivity contribution >= 4 is 5.91 Å². The first kappa shape index (κ1) is 18.4. The van der Waals surface area contributed by atoms with Crippen molar-refractivity contribution in [1.29, 1.82) is 0 Å². The summed E-state index contributed by atoms with van der Waals surface area (Å²) in [6, 6.07) is 6.73. The Balaban J connectivity index is 1.52. The van der Waals surface area contributed by atoms with Crippen LogP contribution in [0.25, 0.3) is 0 Å². The van der Waals surface area contributed by atoms with Crippen LogP contribution in [0.1, 0.15) is 42.4 Å². The molecule has 0 spiro atoms. The molecule has 2 atom stereocenters. The van der Waals surface area contributed by atoms with Crippen molar-refractivity contribution in [2.75, 3.05) is 26.4 Å². The average Bonchev–Trinajstić information content (AvgIpc) is 2.64. The van der Waals surface area contributed by atoms with Crippen molar-refractivity contribution in [3.8, 4) is 0 Å². The van der Waals surface area contributed by atoms with Gasteiger partial charge in [-0.2, -0.15) is 0 Å². The molecule has 0 unspecified atom stereocenters. The third-order valence-electron chi connectivity index (χ3n) is 5.83. The topological polar surface area (TPSA) is 47.6 Å². The summed E-state index contributed by atoms with van der Waals surface area (Å²) in [5, 5.41) is 3.30. The van der Waals surface area contributed by atoms with Crippen LogP contribution in [0.5, 0.6) is 0 Å². The summed E-state index contributed by atoms with van der Waals surface area (Å²) in [6.45, 7) is 7.45.